The normalized spacial score (nSPS) is 14.3. The summed E-state index contributed by atoms with van der Waals surface area (Å²) in [6.45, 7) is 0. The summed E-state index contributed by atoms with van der Waals surface area (Å²) in [5.41, 5.74) is 8.52. The van der Waals surface area contributed by atoms with Crippen molar-refractivity contribution in [2.45, 2.75) is 5.92 Å². The highest BCUT2D eigenvalue weighted by Gasteiger charge is 2.31. The van der Waals surface area contributed by atoms with Gasteiger partial charge in [0.05, 0.1) is 5.92 Å². The van der Waals surface area contributed by atoms with Crippen LogP contribution < -0.4 is 19.9 Å². The lowest BCUT2D eigenvalue weighted by molar-refractivity contribution is -0.128. The molecule has 39 heavy (non-hydrogen) atoms. The molecule has 0 aliphatic carbocycles. The number of allylic oxidation sites excluding steroid dienone is 1. The molecule has 4 aromatic carbocycles. The van der Waals surface area contributed by atoms with Crippen LogP contribution >= 0.6 is 23.2 Å². The zero-order valence-corrected chi connectivity index (χ0v) is 21.8. The Labute approximate surface area is 235 Å². The van der Waals surface area contributed by atoms with Crippen LogP contribution in [0.3, 0.4) is 0 Å². The van der Waals surface area contributed by atoms with Gasteiger partial charge in [0.2, 0.25) is 5.88 Å². The lowest BCUT2D eigenvalue weighted by atomic mass is 9.83. The average molecular weight is 555 g/mol. The number of rotatable bonds is 6. The third kappa shape index (κ3) is 5.91. The topological polar surface area (TPSA) is 94.6 Å². The van der Waals surface area contributed by atoms with Crippen molar-refractivity contribution < 1.29 is 19.0 Å². The van der Waals surface area contributed by atoms with Crippen LogP contribution in [0.15, 0.2) is 109 Å². The third-order valence-electron chi connectivity index (χ3n) is 5.94. The fourth-order valence-corrected chi connectivity index (χ4v) is 4.64. The van der Waals surface area contributed by atoms with E-state index in [0.29, 0.717) is 38.4 Å². The number of hydrogen-bond acceptors (Lipinski definition) is 6. The number of carbonyl (C=O) groups excluding carboxylic acids is 1. The Kier molecular flexibility index (Phi) is 7.55. The van der Waals surface area contributed by atoms with Crippen LogP contribution in [-0.2, 0) is 4.79 Å². The molecule has 0 spiro atoms. The van der Waals surface area contributed by atoms with E-state index in [2.05, 4.69) is 6.07 Å². The van der Waals surface area contributed by atoms with E-state index < -0.39 is 11.9 Å². The fraction of sp³-hybridized carbons (Fsp3) is 0.0323. The van der Waals surface area contributed by atoms with Crippen LogP contribution in [0.1, 0.15) is 22.6 Å². The molecule has 0 aromatic heterocycles. The number of carbonyl (C=O) groups is 1. The molecule has 8 heteroatoms. The van der Waals surface area contributed by atoms with Crippen molar-refractivity contribution in [3.8, 4) is 29.1 Å². The van der Waals surface area contributed by atoms with Gasteiger partial charge in [-0.3, -0.25) is 0 Å². The molecule has 5 rings (SSSR count). The van der Waals surface area contributed by atoms with E-state index in [4.69, 9.17) is 43.1 Å². The molecule has 4 aromatic rings. The quantitative estimate of drug-likeness (QED) is 0.149. The molecule has 192 valence electrons. The van der Waals surface area contributed by atoms with Gasteiger partial charge in [0.25, 0.3) is 0 Å². The molecular formula is C31H20Cl2N2O4. The van der Waals surface area contributed by atoms with Crippen molar-refractivity contribution in [3.63, 3.8) is 0 Å². The molecule has 0 saturated heterocycles. The van der Waals surface area contributed by atoms with Gasteiger partial charge in [-0.05, 0) is 59.7 Å². The van der Waals surface area contributed by atoms with E-state index in [1.165, 1.54) is 12.2 Å². The number of hydrogen-bond donors (Lipinski definition) is 1. The third-order valence-corrected chi connectivity index (χ3v) is 6.50. The Balaban J connectivity index is 1.40. The standard InChI is InChI=1S/C31H20Cl2N2O4/c32-21-11-9-19(27(33)16-21)10-14-29(36)38-24-12-13-25-28(17-24)39-31(35)26(18-34)30(25)20-5-4-8-23(15-20)37-22-6-2-1-3-7-22/h1-17,30H,35H2/b14-10+. The molecule has 1 aliphatic heterocycles. The number of nitriles is 1. The molecule has 1 heterocycles. The van der Waals surface area contributed by atoms with E-state index >= 15 is 0 Å². The highest BCUT2D eigenvalue weighted by Crippen LogP contribution is 2.44. The van der Waals surface area contributed by atoms with E-state index in [1.54, 1.807) is 36.4 Å². The maximum Gasteiger partial charge on any atom is 0.336 e. The lowest BCUT2D eigenvalue weighted by Crippen LogP contribution is -2.21. The summed E-state index contributed by atoms with van der Waals surface area (Å²) >= 11 is 12.1. The first-order chi connectivity index (χ1) is 18.9. The minimum Gasteiger partial charge on any atom is -0.457 e. The molecule has 1 aliphatic rings. The second-order valence-electron chi connectivity index (χ2n) is 8.53. The van der Waals surface area contributed by atoms with E-state index in [0.717, 1.165) is 5.56 Å². The van der Waals surface area contributed by atoms with Crippen LogP contribution in [0.5, 0.6) is 23.0 Å². The molecule has 0 amide bonds. The molecule has 0 radical (unpaired) electrons. The van der Waals surface area contributed by atoms with Gasteiger partial charge in [-0.25, -0.2) is 4.79 Å². The number of nitrogens with two attached hydrogens (primary N) is 1. The maximum atomic E-state index is 12.5. The molecule has 0 bridgehead atoms. The fourth-order valence-electron chi connectivity index (χ4n) is 4.17. The van der Waals surface area contributed by atoms with Crippen molar-refractivity contribution in [1.29, 1.82) is 5.26 Å². The molecular weight excluding hydrogens is 535 g/mol. The number of nitrogens with zero attached hydrogens (tertiary/aromatic N) is 1. The maximum absolute atomic E-state index is 12.5. The van der Waals surface area contributed by atoms with Gasteiger partial charge in [-0.15, -0.1) is 0 Å². The van der Waals surface area contributed by atoms with Crippen molar-refractivity contribution in [1.82, 2.24) is 0 Å². The smallest absolute Gasteiger partial charge is 0.336 e. The Morgan fingerprint density at radius 3 is 2.49 bits per heavy atom. The second-order valence-corrected chi connectivity index (χ2v) is 9.38. The Hall–Kier alpha value is -4.70. The lowest BCUT2D eigenvalue weighted by Gasteiger charge is -2.27. The highest BCUT2D eigenvalue weighted by molar-refractivity contribution is 6.35. The number of halogens is 2. The van der Waals surface area contributed by atoms with Crippen molar-refractivity contribution in [2.24, 2.45) is 5.73 Å². The van der Waals surface area contributed by atoms with Crippen molar-refractivity contribution in [3.05, 3.63) is 135 Å². The number of ether oxygens (including phenoxy) is 3. The Morgan fingerprint density at radius 1 is 0.923 bits per heavy atom. The van der Waals surface area contributed by atoms with Crippen molar-refractivity contribution >= 4 is 35.2 Å². The van der Waals surface area contributed by atoms with Crippen LogP contribution in [0.2, 0.25) is 10.0 Å². The zero-order chi connectivity index (χ0) is 27.4. The number of benzene rings is 4. The largest absolute Gasteiger partial charge is 0.457 e. The summed E-state index contributed by atoms with van der Waals surface area (Å²) in [5.74, 6) is 0.789. The van der Waals surface area contributed by atoms with Crippen LogP contribution in [0.4, 0.5) is 0 Å². The summed E-state index contributed by atoms with van der Waals surface area (Å²) in [5, 5.41) is 10.8. The molecule has 6 nitrogen and oxygen atoms in total. The summed E-state index contributed by atoms with van der Waals surface area (Å²) < 4.78 is 17.2. The van der Waals surface area contributed by atoms with Gasteiger partial charge >= 0.3 is 5.97 Å². The summed E-state index contributed by atoms with van der Waals surface area (Å²) in [6.07, 6.45) is 2.80. The summed E-state index contributed by atoms with van der Waals surface area (Å²) in [4.78, 5) is 12.5. The first kappa shape index (κ1) is 25.9. The zero-order valence-electron chi connectivity index (χ0n) is 20.3. The first-order valence-corrected chi connectivity index (χ1v) is 12.6. The molecule has 1 unspecified atom stereocenters. The first-order valence-electron chi connectivity index (χ1n) is 11.8. The summed E-state index contributed by atoms with van der Waals surface area (Å²) in [7, 11) is 0. The number of esters is 1. The van der Waals surface area contributed by atoms with E-state index in [-0.39, 0.29) is 17.2 Å². The molecule has 2 N–H and O–H groups in total. The molecule has 0 saturated carbocycles. The SMILES string of the molecule is N#CC1=C(N)Oc2cc(OC(=O)/C=C/c3ccc(Cl)cc3Cl)ccc2C1c1cccc(Oc2ccccc2)c1. The van der Waals surface area contributed by atoms with E-state index in [9.17, 15) is 10.1 Å². The van der Waals surface area contributed by atoms with Gasteiger partial charge in [0, 0.05) is 27.8 Å². The molecule has 0 fully saturated rings. The van der Waals surface area contributed by atoms with E-state index in [1.807, 2.05) is 54.6 Å². The Bertz CT molecular complexity index is 1660. The Morgan fingerprint density at radius 2 is 1.72 bits per heavy atom. The van der Waals surface area contributed by atoms with Gasteiger partial charge < -0.3 is 19.9 Å². The van der Waals surface area contributed by atoms with Crippen LogP contribution in [0, 0.1) is 11.3 Å². The number of para-hydroxylation sites is 1. The van der Waals surface area contributed by atoms with Gasteiger partial charge in [0.1, 0.15) is 34.6 Å². The minimum atomic E-state index is -0.611. The van der Waals surface area contributed by atoms with Gasteiger partial charge in [-0.2, -0.15) is 5.26 Å². The minimum absolute atomic E-state index is 0.0230. The predicted molar refractivity (Wildman–Crippen MR) is 150 cm³/mol. The van der Waals surface area contributed by atoms with Crippen molar-refractivity contribution in [2.75, 3.05) is 0 Å². The number of fused-ring (bicyclic) bond motifs is 1. The summed E-state index contributed by atoms with van der Waals surface area (Å²) in [6, 6.07) is 28.9. The second kappa shape index (κ2) is 11.4. The van der Waals surface area contributed by atoms with Gasteiger partial charge in [-0.1, -0.05) is 65.7 Å². The molecule has 1 atom stereocenters. The van der Waals surface area contributed by atoms with Gasteiger partial charge in [0.15, 0.2) is 0 Å². The average Bonchev–Trinajstić information content (AvgIpc) is 2.92. The van der Waals surface area contributed by atoms with Crippen LogP contribution in [0.25, 0.3) is 6.08 Å². The predicted octanol–water partition coefficient (Wildman–Crippen LogP) is 7.62. The monoisotopic (exact) mass is 554 g/mol. The highest BCUT2D eigenvalue weighted by atomic mass is 35.5. The van der Waals surface area contributed by atoms with Crippen LogP contribution in [-0.4, -0.2) is 5.97 Å².